The minimum Gasteiger partial charge on any atom is -0.310 e. The molecule has 22 heavy (non-hydrogen) atoms. The number of pyridine rings is 1. The molecule has 2 aromatic rings. The maximum atomic E-state index is 13.1. The van der Waals surface area contributed by atoms with Crippen LogP contribution in [0.1, 0.15) is 12.0 Å². The van der Waals surface area contributed by atoms with E-state index in [9.17, 15) is 22.4 Å². The predicted molar refractivity (Wildman–Crippen MR) is 77.2 cm³/mol. The molecule has 6 nitrogen and oxygen atoms in total. The molecule has 1 amide bonds. The highest BCUT2D eigenvalue weighted by Crippen LogP contribution is 2.32. The zero-order valence-corrected chi connectivity index (χ0v) is 12.0. The normalized spacial score (nSPS) is 18.6. The molecule has 112 valence electrons. The van der Waals surface area contributed by atoms with Gasteiger partial charge in [-0.15, -0.1) is 3.89 Å². The number of anilines is 1. The summed E-state index contributed by atoms with van der Waals surface area (Å²) in [5.41, 5.74) is 1.08. The molecule has 0 radical (unpaired) electrons. The Kier molecular flexibility index (Phi) is 3.30. The number of benzene rings is 1. The summed E-state index contributed by atoms with van der Waals surface area (Å²) in [6.45, 7) is -0.294. The SMILES string of the molecule is N#Cc1c(N2CC(S(=O)(=O)F)CC2=O)ccc2ncccc12. The van der Waals surface area contributed by atoms with E-state index in [1.807, 2.05) is 6.07 Å². The van der Waals surface area contributed by atoms with Crippen LogP contribution in [-0.2, 0) is 15.0 Å². The van der Waals surface area contributed by atoms with Crippen molar-refractivity contribution in [2.45, 2.75) is 11.7 Å². The first-order valence-electron chi connectivity index (χ1n) is 6.43. The summed E-state index contributed by atoms with van der Waals surface area (Å²) in [5.74, 6) is -0.522. The first-order valence-corrected chi connectivity index (χ1v) is 7.88. The van der Waals surface area contributed by atoms with Crippen LogP contribution in [0.25, 0.3) is 10.9 Å². The molecule has 0 saturated carbocycles. The third-order valence-electron chi connectivity index (χ3n) is 3.65. The minimum absolute atomic E-state index is 0.218. The molecule has 1 fully saturated rings. The van der Waals surface area contributed by atoms with Gasteiger partial charge < -0.3 is 4.90 Å². The second kappa shape index (κ2) is 5.03. The van der Waals surface area contributed by atoms with Crippen molar-refractivity contribution < 1.29 is 17.1 Å². The maximum absolute atomic E-state index is 13.1. The van der Waals surface area contributed by atoms with Crippen LogP contribution in [0.2, 0.25) is 0 Å². The molecule has 1 unspecified atom stereocenters. The Balaban J connectivity index is 2.12. The quantitative estimate of drug-likeness (QED) is 0.783. The molecule has 0 spiro atoms. The first kappa shape index (κ1) is 14.4. The number of amides is 1. The summed E-state index contributed by atoms with van der Waals surface area (Å²) < 4.78 is 35.1. The zero-order valence-electron chi connectivity index (χ0n) is 11.2. The van der Waals surface area contributed by atoms with Gasteiger partial charge in [-0.25, -0.2) is 0 Å². The standard InChI is InChI=1S/C14H10FN3O3S/c15-22(20,21)9-6-14(19)18(8-9)13-4-3-12-10(11(13)7-16)2-1-5-17-12/h1-5,9H,6,8H2. The van der Waals surface area contributed by atoms with Crippen LogP contribution >= 0.6 is 0 Å². The average molecular weight is 319 g/mol. The molecule has 1 aliphatic rings. The van der Waals surface area contributed by atoms with Crippen molar-refractivity contribution >= 4 is 32.7 Å². The largest absolute Gasteiger partial charge is 0.310 e. The van der Waals surface area contributed by atoms with Crippen molar-refractivity contribution in [3.8, 4) is 6.07 Å². The highest BCUT2D eigenvalue weighted by molar-refractivity contribution is 7.87. The second-order valence-corrected chi connectivity index (χ2v) is 6.57. The molecule has 0 bridgehead atoms. The third-order valence-corrected chi connectivity index (χ3v) is 4.77. The number of carbonyl (C=O) groups excluding carboxylic acids is 1. The number of hydrogen-bond donors (Lipinski definition) is 0. The van der Waals surface area contributed by atoms with E-state index in [4.69, 9.17) is 0 Å². The smallest absolute Gasteiger partial charge is 0.307 e. The van der Waals surface area contributed by atoms with E-state index in [-0.39, 0.29) is 17.8 Å². The molecule has 8 heteroatoms. The highest BCUT2D eigenvalue weighted by Gasteiger charge is 2.39. The summed E-state index contributed by atoms with van der Waals surface area (Å²) in [5, 5.41) is 8.55. The summed E-state index contributed by atoms with van der Waals surface area (Å²) in [6, 6.07) is 8.52. The monoisotopic (exact) mass is 319 g/mol. The topological polar surface area (TPSA) is 91.1 Å². The average Bonchev–Trinajstić information content (AvgIpc) is 2.88. The first-order chi connectivity index (χ1) is 10.4. The van der Waals surface area contributed by atoms with Gasteiger partial charge in [-0.3, -0.25) is 9.78 Å². The number of nitriles is 1. The van der Waals surface area contributed by atoms with Crippen molar-refractivity contribution in [1.82, 2.24) is 4.98 Å². The molecule has 2 heterocycles. The summed E-state index contributed by atoms with van der Waals surface area (Å²) in [6.07, 6.45) is 1.16. The van der Waals surface area contributed by atoms with Gasteiger partial charge in [0.05, 0.1) is 16.8 Å². The lowest BCUT2D eigenvalue weighted by Crippen LogP contribution is -2.27. The van der Waals surface area contributed by atoms with Gasteiger partial charge in [0.2, 0.25) is 5.91 Å². The summed E-state index contributed by atoms with van der Waals surface area (Å²) in [4.78, 5) is 17.3. The van der Waals surface area contributed by atoms with Gasteiger partial charge in [0.1, 0.15) is 11.3 Å². The van der Waals surface area contributed by atoms with E-state index >= 15 is 0 Å². The number of aromatic nitrogens is 1. The van der Waals surface area contributed by atoms with Crippen LogP contribution in [-0.4, -0.2) is 31.1 Å². The van der Waals surface area contributed by atoms with Crippen molar-refractivity contribution in [3.63, 3.8) is 0 Å². The lowest BCUT2D eigenvalue weighted by Gasteiger charge is -2.18. The van der Waals surface area contributed by atoms with Gasteiger partial charge in [0, 0.05) is 24.5 Å². The van der Waals surface area contributed by atoms with Gasteiger partial charge in [-0.1, -0.05) is 0 Å². The molecule has 1 aromatic heterocycles. The fourth-order valence-corrected chi connectivity index (χ4v) is 3.25. The van der Waals surface area contributed by atoms with E-state index in [2.05, 4.69) is 4.98 Å². The van der Waals surface area contributed by atoms with E-state index in [0.717, 1.165) is 4.90 Å². The molecule has 0 N–H and O–H groups in total. The van der Waals surface area contributed by atoms with Gasteiger partial charge in [0.25, 0.3) is 0 Å². The van der Waals surface area contributed by atoms with Crippen molar-refractivity contribution in [2.75, 3.05) is 11.4 Å². The Morgan fingerprint density at radius 2 is 2.14 bits per heavy atom. The maximum Gasteiger partial charge on any atom is 0.307 e. The van der Waals surface area contributed by atoms with Crippen LogP contribution < -0.4 is 4.90 Å². The number of halogens is 1. The van der Waals surface area contributed by atoms with Crippen molar-refractivity contribution in [1.29, 1.82) is 5.26 Å². The summed E-state index contributed by atoms with van der Waals surface area (Å²) in [7, 11) is -4.80. The second-order valence-electron chi connectivity index (χ2n) is 4.95. The Bertz CT molecular complexity index is 921. The fourth-order valence-electron chi connectivity index (χ4n) is 2.58. The van der Waals surface area contributed by atoms with Crippen LogP contribution in [0.3, 0.4) is 0 Å². The van der Waals surface area contributed by atoms with Gasteiger partial charge in [0.15, 0.2) is 0 Å². The van der Waals surface area contributed by atoms with Crippen LogP contribution in [0.15, 0.2) is 30.5 Å². The van der Waals surface area contributed by atoms with Gasteiger partial charge in [-0.2, -0.15) is 13.7 Å². The number of fused-ring (bicyclic) bond motifs is 1. The highest BCUT2D eigenvalue weighted by atomic mass is 32.3. The molecule has 1 saturated heterocycles. The lowest BCUT2D eigenvalue weighted by atomic mass is 10.1. The molecular formula is C14H10FN3O3S. The van der Waals surface area contributed by atoms with Crippen molar-refractivity contribution in [2.24, 2.45) is 0 Å². The minimum atomic E-state index is -4.80. The Labute approximate surface area is 126 Å². The van der Waals surface area contributed by atoms with Gasteiger partial charge in [-0.05, 0) is 24.3 Å². The summed E-state index contributed by atoms with van der Waals surface area (Å²) >= 11 is 0. The Hall–Kier alpha value is -2.53. The predicted octanol–water partition coefficient (Wildman–Crippen LogP) is 1.51. The third kappa shape index (κ3) is 2.29. The zero-order chi connectivity index (χ0) is 15.9. The van der Waals surface area contributed by atoms with Crippen molar-refractivity contribution in [3.05, 3.63) is 36.0 Å². The van der Waals surface area contributed by atoms with Crippen LogP contribution in [0, 0.1) is 11.3 Å². The van der Waals surface area contributed by atoms with Gasteiger partial charge >= 0.3 is 10.2 Å². The molecule has 3 rings (SSSR count). The molecule has 1 aromatic carbocycles. The van der Waals surface area contributed by atoms with Crippen LogP contribution in [0.4, 0.5) is 9.57 Å². The number of rotatable bonds is 2. The number of nitrogens with zero attached hydrogens (tertiary/aromatic N) is 3. The number of hydrogen-bond acceptors (Lipinski definition) is 5. The van der Waals surface area contributed by atoms with E-state index < -0.39 is 27.8 Å². The number of carbonyl (C=O) groups is 1. The van der Waals surface area contributed by atoms with E-state index in [1.165, 1.54) is 6.07 Å². The molecule has 1 aliphatic heterocycles. The van der Waals surface area contributed by atoms with Crippen LogP contribution in [0.5, 0.6) is 0 Å². The molecule has 1 atom stereocenters. The molecular weight excluding hydrogens is 309 g/mol. The molecule has 0 aliphatic carbocycles. The fraction of sp³-hybridized carbons (Fsp3) is 0.214. The lowest BCUT2D eigenvalue weighted by molar-refractivity contribution is -0.117. The van der Waals surface area contributed by atoms with E-state index in [1.54, 1.807) is 24.4 Å². The Morgan fingerprint density at radius 3 is 2.77 bits per heavy atom. The van der Waals surface area contributed by atoms with E-state index in [0.29, 0.717) is 10.9 Å². The Morgan fingerprint density at radius 1 is 1.36 bits per heavy atom.